The highest BCUT2D eigenvalue weighted by Crippen LogP contribution is 2.46. The highest BCUT2D eigenvalue weighted by Gasteiger charge is 2.46. The standard InChI is InChI=1S/C21H23NO3.C8H7N.C2H6/c1-14(2)18-12-19(18)20(23)22(17-9-4-3-5-10-17)13-15-7-6-8-16(11-15)21(24)25;1-7-2-4-8(6-9)5-3-7;1-2/h3-11,14,18-19H,12-13H2,1-2H3,(H,24,25);2-5H,1H3;1-2H3. The number of benzene rings is 3. The molecule has 1 amide bonds. The molecule has 3 aromatic rings. The van der Waals surface area contributed by atoms with E-state index in [1.54, 1.807) is 23.1 Å². The molecule has 2 unspecified atom stereocenters. The third-order valence-corrected chi connectivity index (χ3v) is 6.04. The van der Waals surface area contributed by atoms with Crippen LogP contribution in [0.15, 0.2) is 78.9 Å². The fourth-order valence-electron chi connectivity index (χ4n) is 3.95. The molecule has 3 aromatic carbocycles. The first kappa shape index (κ1) is 28.3. The zero-order chi connectivity index (χ0) is 26.7. The molecule has 1 fully saturated rings. The zero-order valence-electron chi connectivity index (χ0n) is 21.8. The maximum absolute atomic E-state index is 13.1. The molecule has 2 atom stereocenters. The van der Waals surface area contributed by atoms with Crippen molar-refractivity contribution < 1.29 is 14.7 Å². The predicted molar refractivity (Wildman–Crippen MR) is 145 cm³/mol. The normalized spacial score (nSPS) is 15.4. The fourth-order valence-corrected chi connectivity index (χ4v) is 3.95. The van der Waals surface area contributed by atoms with Crippen LogP contribution in [-0.2, 0) is 11.3 Å². The Hall–Kier alpha value is -3.91. The smallest absolute Gasteiger partial charge is 0.335 e. The molecule has 4 rings (SSSR count). The van der Waals surface area contributed by atoms with Crippen LogP contribution in [0.4, 0.5) is 5.69 Å². The van der Waals surface area contributed by atoms with Gasteiger partial charge in [-0.15, -0.1) is 0 Å². The van der Waals surface area contributed by atoms with Gasteiger partial charge in [0, 0.05) is 11.6 Å². The first-order valence-electron chi connectivity index (χ1n) is 12.5. The number of hydrogen-bond donors (Lipinski definition) is 1. The first-order valence-corrected chi connectivity index (χ1v) is 12.5. The van der Waals surface area contributed by atoms with E-state index >= 15 is 0 Å². The van der Waals surface area contributed by atoms with E-state index in [-0.39, 0.29) is 17.4 Å². The maximum atomic E-state index is 13.1. The number of carboxylic acids is 1. The Labute approximate surface area is 215 Å². The topological polar surface area (TPSA) is 81.4 Å². The number of rotatable bonds is 6. The molecule has 0 saturated heterocycles. The summed E-state index contributed by atoms with van der Waals surface area (Å²) < 4.78 is 0. The SMILES string of the molecule is CC.CC(C)C1CC1C(=O)N(Cc1cccc(C(=O)O)c1)c1ccccc1.Cc1ccc(C#N)cc1. The average molecular weight is 485 g/mol. The summed E-state index contributed by atoms with van der Waals surface area (Å²) in [4.78, 5) is 26.0. The minimum absolute atomic E-state index is 0.0721. The molecule has 36 heavy (non-hydrogen) atoms. The molecule has 0 bridgehead atoms. The van der Waals surface area contributed by atoms with Crippen molar-refractivity contribution in [3.63, 3.8) is 0 Å². The van der Waals surface area contributed by atoms with Gasteiger partial charge in [-0.05, 0) is 67.1 Å². The van der Waals surface area contributed by atoms with Gasteiger partial charge in [-0.25, -0.2) is 4.79 Å². The maximum Gasteiger partial charge on any atom is 0.335 e. The molecule has 1 aliphatic rings. The van der Waals surface area contributed by atoms with Crippen LogP contribution in [0.25, 0.3) is 0 Å². The highest BCUT2D eigenvalue weighted by molar-refractivity contribution is 5.97. The minimum atomic E-state index is -0.957. The molecule has 1 aliphatic carbocycles. The van der Waals surface area contributed by atoms with Gasteiger partial charge in [0.25, 0.3) is 0 Å². The Kier molecular flexibility index (Phi) is 10.9. The molecule has 188 valence electrons. The molecule has 5 nitrogen and oxygen atoms in total. The summed E-state index contributed by atoms with van der Waals surface area (Å²) in [6.45, 7) is 10.7. The van der Waals surface area contributed by atoms with Gasteiger partial charge < -0.3 is 10.0 Å². The van der Waals surface area contributed by atoms with E-state index < -0.39 is 5.97 Å². The monoisotopic (exact) mass is 484 g/mol. The second-order valence-electron chi connectivity index (χ2n) is 8.99. The second kappa shape index (κ2) is 13.8. The number of aryl methyl sites for hydroxylation is 1. The van der Waals surface area contributed by atoms with Crippen molar-refractivity contribution in [3.8, 4) is 6.07 Å². The van der Waals surface area contributed by atoms with Crippen molar-refractivity contribution in [3.05, 3.63) is 101 Å². The van der Waals surface area contributed by atoms with Gasteiger partial charge in [-0.2, -0.15) is 5.26 Å². The molecule has 0 radical (unpaired) electrons. The number of hydrogen-bond acceptors (Lipinski definition) is 3. The van der Waals surface area contributed by atoms with Crippen molar-refractivity contribution in [2.45, 2.75) is 47.6 Å². The van der Waals surface area contributed by atoms with Crippen LogP contribution >= 0.6 is 0 Å². The van der Waals surface area contributed by atoms with Gasteiger partial charge >= 0.3 is 5.97 Å². The van der Waals surface area contributed by atoms with Crippen LogP contribution in [-0.4, -0.2) is 17.0 Å². The summed E-state index contributed by atoms with van der Waals surface area (Å²) in [7, 11) is 0. The summed E-state index contributed by atoms with van der Waals surface area (Å²) in [5.74, 6) is 0.195. The lowest BCUT2D eigenvalue weighted by atomic mass is 10.1. The van der Waals surface area contributed by atoms with E-state index in [0.717, 1.165) is 23.2 Å². The summed E-state index contributed by atoms with van der Waals surface area (Å²) in [6, 6.07) is 25.9. The van der Waals surface area contributed by atoms with E-state index in [1.165, 1.54) is 5.56 Å². The summed E-state index contributed by atoms with van der Waals surface area (Å²) >= 11 is 0. The van der Waals surface area contributed by atoms with E-state index in [2.05, 4.69) is 19.9 Å². The van der Waals surface area contributed by atoms with Crippen molar-refractivity contribution in [2.24, 2.45) is 17.8 Å². The quantitative estimate of drug-likeness (QED) is 0.404. The molecular formula is C31H36N2O3. The van der Waals surface area contributed by atoms with Gasteiger partial charge in [0.2, 0.25) is 5.91 Å². The van der Waals surface area contributed by atoms with Crippen LogP contribution in [0.5, 0.6) is 0 Å². The summed E-state index contributed by atoms with van der Waals surface area (Å²) in [5, 5.41) is 17.6. The van der Waals surface area contributed by atoms with E-state index in [0.29, 0.717) is 18.4 Å². The number of para-hydroxylation sites is 1. The lowest BCUT2D eigenvalue weighted by Crippen LogP contribution is -2.32. The van der Waals surface area contributed by atoms with Gasteiger partial charge in [-0.3, -0.25) is 4.79 Å². The average Bonchev–Trinajstić information content (AvgIpc) is 3.71. The largest absolute Gasteiger partial charge is 0.478 e. The molecule has 5 heteroatoms. The first-order chi connectivity index (χ1) is 17.3. The molecule has 1 N–H and O–H groups in total. The number of nitrogens with zero attached hydrogens (tertiary/aromatic N) is 2. The number of aromatic carboxylic acids is 1. The zero-order valence-corrected chi connectivity index (χ0v) is 21.8. The Morgan fingerprint density at radius 2 is 1.64 bits per heavy atom. The molecule has 0 spiro atoms. The van der Waals surface area contributed by atoms with Crippen molar-refractivity contribution in [1.29, 1.82) is 5.26 Å². The summed E-state index contributed by atoms with van der Waals surface area (Å²) in [6.07, 6.45) is 0.939. The summed E-state index contributed by atoms with van der Waals surface area (Å²) in [5.41, 5.74) is 3.82. The van der Waals surface area contributed by atoms with Gasteiger partial charge in [-0.1, -0.05) is 75.7 Å². The molecule has 1 saturated carbocycles. The number of carbonyl (C=O) groups is 2. The third kappa shape index (κ3) is 8.09. The van der Waals surface area contributed by atoms with Crippen LogP contribution < -0.4 is 4.90 Å². The number of amides is 1. The Balaban J connectivity index is 0.000000347. The van der Waals surface area contributed by atoms with E-state index in [1.807, 2.05) is 81.4 Å². The van der Waals surface area contributed by atoms with Crippen LogP contribution in [0.3, 0.4) is 0 Å². The Morgan fingerprint density at radius 1 is 1.00 bits per heavy atom. The molecule has 0 heterocycles. The highest BCUT2D eigenvalue weighted by atomic mass is 16.4. The predicted octanol–water partition coefficient (Wildman–Crippen LogP) is 7.10. The van der Waals surface area contributed by atoms with Crippen LogP contribution in [0.2, 0.25) is 0 Å². The number of carboxylic acid groups (broad SMARTS) is 1. The fraction of sp³-hybridized carbons (Fsp3) is 0.323. The number of carbonyl (C=O) groups excluding carboxylic acids is 1. The second-order valence-corrected chi connectivity index (χ2v) is 8.99. The van der Waals surface area contributed by atoms with Gasteiger partial charge in [0.15, 0.2) is 0 Å². The van der Waals surface area contributed by atoms with Crippen molar-refractivity contribution in [2.75, 3.05) is 4.90 Å². The molecule has 0 aromatic heterocycles. The number of anilines is 1. The minimum Gasteiger partial charge on any atom is -0.478 e. The van der Waals surface area contributed by atoms with Gasteiger partial charge in [0.1, 0.15) is 0 Å². The lowest BCUT2D eigenvalue weighted by Gasteiger charge is -2.24. The Morgan fingerprint density at radius 3 is 2.17 bits per heavy atom. The van der Waals surface area contributed by atoms with Crippen LogP contribution in [0, 0.1) is 36.0 Å². The number of nitriles is 1. The van der Waals surface area contributed by atoms with Crippen LogP contribution in [0.1, 0.15) is 61.2 Å². The molecular weight excluding hydrogens is 448 g/mol. The molecule has 0 aliphatic heterocycles. The van der Waals surface area contributed by atoms with Crippen molar-refractivity contribution >= 4 is 17.6 Å². The lowest BCUT2D eigenvalue weighted by molar-refractivity contribution is -0.120. The third-order valence-electron chi connectivity index (χ3n) is 6.04. The van der Waals surface area contributed by atoms with Gasteiger partial charge in [0.05, 0.1) is 23.7 Å². The Bertz CT molecular complexity index is 1160. The van der Waals surface area contributed by atoms with Crippen molar-refractivity contribution in [1.82, 2.24) is 0 Å². The van der Waals surface area contributed by atoms with E-state index in [4.69, 9.17) is 5.26 Å². The van der Waals surface area contributed by atoms with E-state index in [9.17, 15) is 14.7 Å².